The van der Waals surface area contributed by atoms with E-state index in [1.165, 1.54) is 18.4 Å². The van der Waals surface area contributed by atoms with Crippen LogP contribution in [0, 0.1) is 0 Å². The molecule has 27 heavy (non-hydrogen) atoms. The summed E-state index contributed by atoms with van der Waals surface area (Å²) in [7, 11) is 0. The van der Waals surface area contributed by atoms with Gasteiger partial charge in [-0.3, -0.25) is 9.78 Å². The van der Waals surface area contributed by atoms with Crippen LogP contribution in [0.25, 0.3) is 0 Å². The van der Waals surface area contributed by atoms with Crippen molar-refractivity contribution in [1.29, 1.82) is 0 Å². The summed E-state index contributed by atoms with van der Waals surface area (Å²) in [5, 5.41) is 0. The van der Waals surface area contributed by atoms with Crippen LogP contribution in [0.2, 0.25) is 0 Å². The molecular formula is C21H29N5O. The van der Waals surface area contributed by atoms with E-state index in [9.17, 15) is 4.79 Å². The van der Waals surface area contributed by atoms with Gasteiger partial charge < -0.3 is 14.4 Å². The molecule has 0 aromatic carbocycles. The SMILES string of the molecule is O=C(CCN1CCCC1)N1CCC[C@H](c2nccn2Cc2ccncc2)C1. The largest absolute Gasteiger partial charge is 0.342 e. The number of rotatable bonds is 6. The Morgan fingerprint density at radius 1 is 1.07 bits per heavy atom. The second-order valence-corrected chi connectivity index (χ2v) is 7.75. The van der Waals surface area contributed by atoms with Gasteiger partial charge in [0.25, 0.3) is 0 Å². The van der Waals surface area contributed by atoms with Crippen LogP contribution >= 0.6 is 0 Å². The summed E-state index contributed by atoms with van der Waals surface area (Å²) in [4.78, 5) is 25.9. The summed E-state index contributed by atoms with van der Waals surface area (Å²) in [6, 6.07) is 4.08. The van der Waals surface area contributed by atoms with Crippen LogP contribution in [0.3, 0.4) is 0 Å². The zero-order chi connectivity index (χ0) is 18.5. The van der Waals surface area contributed by atoms with Crippen LogP contribution in [0.4, 0.5) is 0 Å². The minimum absolute atomic E-state index is 0.304. The molecule has 2 aliphatic heterocycles. The monoisotopic (exact) mass is 367 g/mol. The van der Waals surface area contributed by atoms with Gasteiger partial charge in [0.15, 0.2) is 0 Å². The van der Waals surface area contributed by atoms with Gasteiger partial charge in [-0.2, -0.15) is 0 Å². The van der Waals surface area contributed by atoms with Gasteiger partial charge in [0.05, 0.1) is 0 Å². The Labute approximate surface area is 161 Å². The van der Waals surface area contributed by atoms with Crippen molar-refractivity contribution in [3.05, 3.63) is 48.3 Å². The number of piperidine rings is 1. The van der Waals surface area contributed by atoms with E-state index in [4.69, 9.17) is 0 Å². The van der Waals surface area contributed by atoms with Crippen LogP contribution in [-0.2, 0) is 11.3 Å². The first-order valence-electron chi connectivity index (χ1n) is 10.2. The van der Waals surface area contributed by atoms with E-state index in [1.807, 2.05) is 36.9 Å². The number of pyridine rings is 1. The lowest BCUT2D eigenvalue weighted by atomic mass is 9.96. The topological polar surface area (TPSA) is 54.3 Å². The van der Waals surface area contributed by atoms with Gasteiger partial charge in [-0.1, -0.05) is 0 Å². The third kappa shape index (κ3) is 4.56. The minimum atomic E-state index is 0.304. The lowest BCUT2D eigenvalue weighted by Gasteiger charge is -2.33. The second-order valence-electron chi connectivity index (χ2n) is 7.75. The molecule has 1 atom stereocenters. The molecule has 2 saturated heterocycles. The van der Waals surface area contributed by atoms with Crippen molar-refractivity contribution >= 4 is 5.91 Å². The van der Waals surface area contributed by atoms with E-state index in [-0.39, 0.29) is 0 Å². The highest BCUT2D eigenvalue weighted by Crippen LogP contribution is 2.26. The summed E-state index contributed by atoms with van der Waals surface area (Å²) in [6.07, 6.45) is 12.9. The number of imidazole rings is 1. The molecule has 0 spiro atoms. The number of hydrogen-bond donors (Lipinski definition) is 0. The summed E-state index contributed by atoms with van der Waals surface area (Å²) in [5.41, 5.74) is 1.22. The standard InChI is InChI=1S/C21H29N5O/c27-20(7-14-24-11-1-2-12-24)25-13-3-4-19(17-25)21-23-10-15-26(21)16-18-5-8-22-9-6-18/h5-6,8-10,15,19H,1-4,7,11-14,16-17H2/t19-/m0/s1. The predicted octanol–water partition coefficient (Wildman–Crippen LogP) is 2.52. The Hall–Kier alpha value is -2.21. The number of carbonyl (C=O) groups excluding carboxylic acids is 1. The number of nitrogens with zero attached hydrogens (tertiary/aromatic N) is 5. The fourth-order valence-corrected chi connectivity index (χ4v) is 4.33. The Kier molecular flexibility index (Phi) is 5.82. The van der Waals surface area contributed by atoms with Gasteiger partial charge in [0.2, 0.25) is 5.91 Å². The van der Waals surface area contributed by atoms with E-state index >= 15 is 0 Å². The number of aromatic nitrogens is 3. The number of carbonyl (C=O) groups is 1. The lowest BCUT2D eigenvalue weighted by molar-refractivity contribution is -0.132. The van der Waals surface area contributed by atoms with Crippen molar-refractivity contribution in [2.24, 2.45) is 0 Å². The minimum Gasteiger partial charge on any atom is -0.342 e. The van der Waals surface area contributed by atoms with E-state index in [0.29, 0.717) is 18.2 Å². The smallest absolute Gasteiger partial charge is 0.223 e. The molecule has 4 heterocycles. The zero-order valence-electron chi connectivity index (χ0n) is 16.0. The number of hydrogen-bond acceptors (Lipinski definition) is 4. The van der Waals surface area contributed by atoms with Crippen molar-refractivity contribution in [3.8, 4) is 0 Å². The Morgan fingerprint density at radius 3 is 2.70 bits per heavy atom. The first-order chi connectivity index (χ1) is 13.3. The van der Waals surface area contributed by atoms with Crippen LogP contribution < -0.4 is 0 Å². The van der Waals surface area contributed by atoms with Crippen molar-refractivity contribution in [3.63, 3.8) is 0 Å². The average Bonchev–Trinajstić information content (AvgIpc) is 3.39. The first-order valence-corrected chi connectivity index (χ1v) is 10.2. The fourth-order valence-electron chi connectivity index (χ4n) is 4.33. The van der Waals surface area contributed by atoms with Gasteiger partial charge in [0.1, 0.15) is 5.82 Å². The maximum atomic E-state index is 12.7. The van der Waals surface area contributed by atoms with Crippen LogP contribution in [0.5, 0.6) is 0 Å². The molecule has 1 amide bonds. The summed E-state index contributed by atoms with van der Waals surface area (Å²) >= 11 is 0. The molecule has 2 aromatic heterocycles. The molecule has 0 radical (unpaired) electrons. The maximum Gasteiger partial charge on any atom is 0.223 e. The van der Waals surface area contributed by atoms with Crippen molar-refractivity contribution in [2.45, 2.75) is 44.6 Å². The maximum absolute atomic E-state index is 12.7. The Morgan fingerprint density at radius 2 is 1.89 bits per heavy atom. The average molecular weight is 367 g/mol. The molecule has 0 unspecified atom stereocenters. The number of likely N-dealkylation sites (tertiary alicyclic amines) is 2. The molecule has 6 nitrogen and oxygen atoms in total. The molecule has 4 rings (SSSR count). The normalized spacial score (nSPS) is 20.9. The van der Waals surface area contributed by atoms with Crippen LogP contribution in [0.15, 0.2) is 36.9 Å². The molecule has 2 aromatic rings. The van der Waals surface area contributed by atoms with Gasteiger partial charge in [-0.25, -0.2) is 4.98 Å². The molecule has 0 bridgehead atoms. The predicted molar refractivity (Wildman–Crippen MR) is 104 cm³/mol. The zero-order valence-corrected chi connectivity index (χ0v) is 16.0. The molecule has 0 N–H and O–H groups in total. The van der Waals surface area contributed by atoms with Crippen molar-refractivity contribution in [1.82, 2.24) is 24.3 Å². The highest BCUT2D eigenvalue weighted by molar-refractivity contribution is 5.76. The summed E-state index contributed by atoms with van der Waals surface area (Å²) < 4.78 is 2.22. The van der Waals surface area contributed by atoms with E-state index < -0.39 is 0 Å². The van der Waals surface area contributed by atoms with Crippen LogP contribution in [-0.4, -0.2) is 63.0 Å². The van der Waals surface area contributed by atoms with Gasteiger partial charge in [-0.15, -0.1) is 0 Å². The Balaban J connectivity index is 1.37. The van der Waals surface area contributed by atoms with E-state index in [0.717, 1.165) is 57.9 Å². The third-order valence-corrected chi connectivity index (χ3v) is 5.83. The lowest BCUT2D eigenvalue weighted by Crippen LogP contribution is -2.41. The highest BCUT2D eigenvalue weighted by atomic mass is 16.2. The van der Waals surface area contributed by atoms with Crippen molar-refractivity contribution < 1.29 is 4.79 Å². The first kappa shape index (κ1) is 18.2. The van der Waals surface area contributed by atoms with E-state index in [2.05, 4.69) is 24.3 Å². The van der Waals surface area contributed by atoms with Gasteiger partial charge in [0, 0.05) is 63.3 Å². The molecule has 144 valence electrons. The molecule has 2 fully saturated rings. The van der Waals surface area contributed by atoms with Gasteiger partial charge in [-0.05, 0) is 56.5 Å². The van der Waals surface area contributed by atoms with Crippen molar-refractivity contribution in [2.75, 3.05) is 32.7 Å². The van der Waals surface area contributed by atoms with Crippen LogP contribution in [0.1, 0.15) is 49.4 Å². The number of amides is 1. The second kappa shape index (κ2) is 8.65. The van der Waals surface area contributed by atoms with E-state index in [1.54, 1.807) is 0 Å². The van der Waals surface area contributed by atoms with Gasteiger partial charge >= 0.3 is 0 Å². The molecule has 0 aliphatic carbocycles. The summed E-state index contributed by atoms with van der Waals surface area (Å²) in [5.74, 6) is 1.73. The third-order valence-electron chi connectivity index (χ3n) is 5.83. The molecule has 0 saturated carbocycles. The molecule has 2 aliphatic rings. The Bertz CT molecular complexity index is 738. The molecule has 6 heteroatoms. The summed E-state index contributed by atoms with van der Waals surface area (Å²) in [6.45, 7) is 5.71. The highest BCUT2D eigenvalue weighted by Gasteiger charge is 2.27. The molecular weight excluding hydrogens is 338 g/mol. The quantitative estimate of drug-likeness (QED) is 0.787. The fraction of sp³-hybridized carbons (Fsp3) is 0.571.